The van der Waals surface area contributed by atoms with Gasteiger partial charge in [-0.15, -0.1) is 0 Å². The Labute approximate surface area is 168 Å². The van der Waals surface area contributed by atoms with Crippen molar-refractivity contribution in [2.24, 2.45) is 5.92 Å². The Balaban J connectivity index is 1.63. The predicted octanol–water partition coefficient (Wildman–Crippen LogP) is 3.53. The van der Waals surface area contributed by atoms with E-state index >= 15 is 0 Å². The second kappa shape index (κ2) is 9.23. The molecule has 0 fully saturated rings. The number of benzene rings is 2. The minimum Gasteiger partial charge on any atom is -0.344 e. The lowest BCUT2D eigenvalue weighted by Gasteiger charge is -2.21. The lowest BCUT2D eigenvalue weighted by molar-refractivity contribution is -0.127. The smallest absolute Gasteiger partial charge is 0.249 e. The summed E-state index contributed by atoms with van der Waals surface area (Å²) in [6, 6.07) is 18.3. The standard InChI is InChI=1S/C21H22N4O2S/c1-14(2)18(22-17(26)13-15-9-5-3-6-10-15)20(27)24-21-23-19(25-28-21)16-11-7-4-8-12-16/h3-12,14,18H,13H2,1-2H3,(H,22,26)(H,23,24,25,27). The number of anilines is 1. The van der Waals surface area contributed by atoms with Crippen molar-refractivity contribution >= 4 is 28.5 Å². The van der Waals surface area contributed by atoms with Crippen LogP contribution in [0.25, 0.3) is 11.4 Å². The summed E-state index contributed by atoms with van der Waals surface area (Å²) in [4.78, 5) is 29.4. The van der Waals surface area contributed by atoms with E-state index in [-0.39, 0.29) is 24.2 Å². The molecule has 2 aromatic carbocycles. The van der Waals surface area contributed by atoms with E-state index in [2.05, 4.69) is 20.0 Å². The van der Waals surface area contributed by atoms with Crippen molar-refractivity contribution in [3.63, 3.8) is 0 Å². The first kappa shape index (κ1) is 19.7. The Bertz CT molecular complexity index is 926. The highest BCUT2D eigenvalue weighted by Gasteiger charge is 2.25. The summed E-state index contributed by atoms with van der Waals surface area (Å²) in [5.41, 5.74) is 1.79. The normalized spacial score (nSPS) is 11.8. The third kappa shape index (κ3) is 5.23. The minimum atomic E-state index is -0.653. The molecule has 0 radical (unpaired) electrons. The molecule has 0 aliphatic heterocycles. The maximum Gasteiger partial charge on any atom is 0.249 e. The molecule has 6 nitrogen and oxygen atoms in total. The van der Waals surface area contributed by atoms with E-state index in [0.717, 1.165) is 22.7 Å². The van der Waals surface area contributed by atoms with Crippen LogP contribution in [0.1, 0.15) is 19.4 Å². The van der Waals surface area contributed by atoms with Gasteiger partial charge in [0.2, 0.25) is 16.9 Å². The first-order chi connectivity index (χ1) is 13.5. The molecule has 144 valence electrons. The van der Waals surface area contributed by atoms with Crippen molar-refractivity contribution in [3.05, 3.63) is 66.2 Å². The number of hydrogen-bond acceptors (Lipinski definition) is 5. The molecule has 1 atom stereocenters. The van der Waals surface area contributed by atoms with Crippen molar-refractivity contribution in [2.45, 2.75) is 26.3 Å². The van der Waals surface area contributed by atoms with E-state index in [0.29, 0.717) is 11.0 Å². The Morgan fingerprint density at radius 1 is 1.00 bits per heavy atom. The maximum atomic E-state index is 12.7. The first-order valence-electron chi connectivity index (χ1n) is 9.06. The van der Waals surface area contributed by atoms with Crippen molar-refractivity contribution < 1.29 is 9.59 Å². The highest BCUT2D eigenvalue weighted by atomic mass is 32.1. The van der Waals surface area contributed by atoms with Crippen LogP contribution in [0.5, 0.6) is 0 Å². The van der Waals surface area contributed by atoms with Crippen molar-refractivity contribution in [3.8, 4) is 11.4 Å². The number of carbonyl (C=O) groups excluding carboxylic acids is 2. The summed E-state index contributed by atoms with van der Waals surface area (Å²) in [5, 5.41) is 6.01. The Kier molecular flexibility index (Phi) is 6.49. The fraction of sp³-hybridized carbons (Fsp3) is 0.238. The van der Waals surface area contributed by atoms with Crippen LogP contribution < -0.4 is 10.6 Å². The Hall–Kier alpha value is -3.06. The molecular formula is C21H22N4O2S. The number of amides is 2. The summed E-state index contributed by atoms with van der Waals surface area (Å²) in [6.45, 7) is 3.78. The van der Waals surface area contributed by atoms with Gasteiger partial charge in [0.05, 0.1) is 6.42 Å². The van der Waals surface area contributed by atoms with Gasteiger partial charge < -0.3 is 5.32 Å². The first-order valence-corrected chi connectivity index (χ1v) is 9.83. The predicted molar refractivity (Wildman–Crippen MR) is 111 cm³/mol. The second-order valence-corrected chi connectivity index (χ2v) is 7.48. The second-order valence-electron chi connectivity index (χ2n) is 6.73. The quantitative estimate of drug-likeness (QED) is 0.642. The van der Waals surface area contributed by atoms with Crippen LogP contribution in [-0.2, 0) is 16.0 Å². The monoisotopic (exact) mass is 394 g/mol. The van der Waals surface area contributed by atoms with Crippen molar-refractivity contribution in [1.82, 2.24) is 14.7 Å². The molecule has 1 heterocycles. The van der Waals surface area contributed by atoms with Gasteiger partial charge in [-0.1, -0.05) is 74.5 Å². The van der Waals surface area contributed by atoms with Crippen molar-refractivity contribution in [2.75, 3.05) is 5.32 Å². The fourth-order valence-corrected chi connectivity index (χ4v) is 3.30. The van der Waals surface area contributed by atoms with Crippen LogP contribution in [0.3, 0.4) is 0 Å². The summed E-state index contributed by atoms with van der Waals surface area (Å²) in [6.07, 6.45) is 0.230. The van der Waals surface area contributed by atoms with Gasteiger partial charge in [-0.25, -0.2) is 0 Å². The third-order valence-electron chi connectivity index (χ3n) is 4.16. The molecule has 2 N–H and O–H groups in total. The molecule has 1 aromatic heterocycles. The van der Waals surface area contributed by atoms with Crippen LogP contribution in [0.15, 0.2) is 60.7 Å². The number of hydrogen-bond donors (Lipinski definition) is 2. The van der Waals surface area contributed by atoms with Gasteiger partial charge in [-0.2, -0.15) is 9.36 Å². The van der Waals surface area contributed by atoms with Gasteiger partial charge in [-0.05, 0) is 11.5 Å². The lowest BCUT2D eigenvalue weighted by Crippen LogP contribution is -2.47. The SMILES string of the molecule is CC(C)C(NC(=O)Cc1ccccc1)C(=O)Nc1nc(-c2ccccc2)ns1. The molecule has 0 saturated heterocycles. The summed E-state index contributed by atoms with van der Waals surface area (Å²) >= 11 is 1.12. The molecule has 2 amide bonds. The van der Waals surface area contributed by atoms with Gasteiger partial charge in [0.15, 0.2) is 5.82 Å². The average Bonchev–Trinajstić information content (AvgIpc) is 3.16. The lowest BCUT2D eigenvalue weighted by atomic mass is 10.0. The molecule has 1 unspecified atom stereocenters. The summed E-state index contributed by atoms with van der Waals surface area (Å²) in [7, 11) is 0. The molecule has 0 bridgehead atoms. The number of aromatic nitrogens is 2. The highest BCUT2D eigenvalue weighted by Crippen LogP contribution is 2.21. The average molecular weight is 395 g/mol. The number of nitrogens with one attached hydrogen (secondary N) is 2. The molecular weight excluding hydrogens is 372 g/mol. The van der Waals surface area contributed by atoms with Gasteiger partial charge in [-0.3, -0.25) is 14.9 Å². The number of rotatable bonds is 7. The molecule has 0 aliphatic rings. The zero-order valence-corrected chi connectivity index (χ0v) is 16.6. The van der Waals surface area contributed by atoms with Gasteiger partial charge >= 0.3 is 0 Å². The molecule has 3 rings (SSSR count). The van der Waals surface area contributed by atoms with E-state index in [1.165, 1.54) is 0 Å². The summed E-state index contributed by atoms with van der Waals surface area (Å²) < 4.78 is 4.29. The zero-order chi connectivity index (χ0) is 19.9. The van der Waals surface area contributed by atoms with Crippen LogP contribution in [-0.4, -0.2) is 27.2 Å². The molecule has 7 heteroatoms. The maximum absolute atomic E-state index is 12.7. The molecule has 28 heavy (non-hydrogen) atoms. The minimum absolute atomic E-state index is 0.0683. The third-order valence-corrected chi connectivity index (χ3v) is 4.79. The van der Waals surface area contributed by atoms with Crippen LogP contribution in [0.4, 0.5) is 5.13 Å². The van der Waals surface area contributed by atoms with E-state index in [1.54, 1.807) is 0 Å². The van der Waals surface area contributed by atoms with E-state index in [4.69, 9.17) is 0 Å². The summed E-state index contributed by atoms with van der Waals surface area (Å²) in [5.74, 6) is 0.00538. The van der Waals surface area contributed by atoms with E-state index in [9.17, 15) is 9.59 Å². The Morgan fingerprint density at radius 2 is 1.64 bits per heavy atom. The molecule has 0 aliphatic carbocycles. The van der Waals surface area contributed by atoms with Crippen LogP contribution in [0, 0.1) is 5.92 Å². The number of nitrogens with zero attached hydrogens (tertiary/aromatic N) is 2. The Morgan fingerprint density at radius 3 is 2.29 bits per heavy atom. The highest BCUT2D eigenvalue weighted by molar-refractivity contribution is 7.10. The molecule has 0 saturated carbocycles. The van der Waals surface area contributed by atoms with Gasteiger partial charge in [0.1, 0.15) is 6.04 Å². The van der Waals surface area contributed by atoms with Gasteiger partial charge in [0, 0.05) is 17.1 Å². The number of carbonyl (C=O) groups is 2. The van der Waals surface area contributed by atoms with E-state index in [1.807, 2.05) is 74.5 Å². The fourth-order valence-electron chi connectivity index (χ4n) is 2.70. The van der Waals surface area contributed by atoms with Crippen LogP contribution >= 0.6 is 11.5 Å². The zero-order valence-electron chi connectivity index (χ0n) is 15.8. The molecule has 3 aromatic rings. The van der Waals surface area contributed by atoms with Crippen molar-refractivity contribution in [1.29, 1.82) is 0 Å². The topological polar surface area (TPSA) is 84.0 Å². The van der Waals surface area contributed by atoms with E-state index < -0.39 is 6.04 Å². The van der Waals surface area contributed by atoms with Crippen LogP contribution in [0.2, 0.25) is 0 Å². The molecule has 0 spiro atoms. The van der Waals surface area contributed by atoms with Gasteiger partial charge in [0.25, 0.3) is 0 Å². The largest absolute Gasteiger partial charge is 0.344 e.